The van der Waals surface area contributed by atoms with Gasteiger partial charge in [-0.25, -0.2) is 4.68 Å². The van der Waals surface area contributed by atoms with E-state index in [0.29, 0.717) is 24.0 Å². The Labute approximate surface area is 168 Å². The summed E-state index contributed by atoms with van der Waals surface area (Å²) in [6.07, 6.45) is 3.11. The van der Waals surface area contributed by atoms with Gasteiger partial charge in [0.1, 0.15) is 11.3 Å². The predicted octanol–water partition coefficient (Wildman–Crippen LogP) is 2.51. The average molecular weight is 390 g/mol. The van der Waals surface area contributed by atoms with Gasteiger partial charge >= 0.3 is 0 Å². The van der Waals surface area contributed by atoms with Gasteiger partial charge in [-0.15, -0.1) is 5.10 Å². The fourth-order valence-electron chi connectivity index (χ4n) is 3.49. The lowest BCUT2D eigenvalue weighted by molar-refractivity contribution is -0.131. The number of nitrogens with zero attached hydrogens (tertiary/aromatic N) is 4. The van der Waals surface area contributed by atoms with E-state index in [0.717, 1.165) is 17.7 Å². The number of methoxy groups -OCH3 is 1. The van der Waals surface area contributed by atoms with Crippen LogP contribution in [0.2, 0.25) is 0 Å². The monoisotopic (exact) mass is 390 g/mol. The first-order valence-corrected chi connectivity index (χ1v) is 9.59. The van der Waals surface area contributed by atoms with E-state index in [1.165, 1.54) is 10.3 Å². The van der Waals surface area contributed by atoms with Crippen molar-refractivity contribution in [3.63, 3.8) is 0 Å². The predicted molar refractivity (Wildman–Crippen MR) is 111 cm³/mol. The first-order valence-electron chi connectivity index (χ1n) is 9.59. The van der Waals surface area contributed by atoms with E-state index in [2.05, 4.69) is 16.4 Å². The molecule has 0 atom stereocenters. The van der Waals surface area contributed by atoms with Crippen LogP contribution in [-0.2, 0) is 11.3 Å². The summed E-state index contributed by atoms with van der Waals surface area (Å²) >= 11 is 0. The van der Waals surface area contributed by atoms with Crippen molar-refractivity contribution in [1.29, 1.82) is 0 Å². The Bertz CT molecular complexity index is 1120. The second-order valence-electron chi connectivity index (χ2n) is 6.93. The van der Waals surface area contributed by atoms with Crippen molar-refractivity contribution in [3.05, 3.63) is 70.5 Å². The Morgan fingerprint density at radius 2 is 1.93 bits per heavy atom. The Morgan fingerprint density at radius 3 is 2.66 bits per heavy atom. The molecule has 0 unspecified atom stereocenters. The maximum absolute atomic E-state index is 12.6. The van der Waals surface area contributed by atoms with Gasteiger partial charge in [0.15, 0.2) is 0 Å². The van der Waals surface area contributed by atoms with Crippen molar-refractivity contribution in [3.8, 4) is 5.75 Å². The Morgan fingerprint density at radius 1 is 1.14 bits per heavy atom. The first kappa shape index (κ1) is 18.9. The van der Waals surface area contributed by atoms with E-state index in [4.69, 9.17) is 4.74 Å². The van der Waals surface area contributed by atoms with Gasteiger partial charge in [-0.3, -0.25) is 9.59 Å². The molecule has 1 aromatic heterocycles. The minimum absolute atomic E-state index is 0.0110. The second kappa shape index (κ2) is 8.26. The molecule has 0 spiro atoms. The van der Waals surface area contributed by atoms with E-state index < -0.39 is 0 Å². The molecule has 0 saturated heterocycles. The lowest BCUT2D eigenvalue weighted by Gasteiger charge is -2.27. The van der Waals surface area contributed by atoms with Crippen molar-refractivity contribution in [1.82, 2.24) is 19.9 Å². The van der Waals surface area contributed by atoms with E-state index in [-0.39, 0.29) is 24.4 Å². The number of amides is 1. The number of carbonyl (C=O) groups excluding carboxylic acids is 1. The van der Waals surface area contributed by atoms with Crippen molar-refractivity contribution in [2.45, 2.75) is 19.4 Å². The summed E-state index contributed by atoms with van der Waals surface area (Å²) in [5.74, 6) is 0.839. The van der Waals surface area contributed by atoms with Gasteiger partial charge < -0.3 is 9.64 Å². The fourth-order valence-corrected chi connectivity index (χ4v) is 3.49. The zero-order valence-electron chi connectivity index (χ0n) is 16.2. The van der Waals surface area contributed by atoms with Gasteiger partial charge in [0.2, 0.25) is 5.91 Å². The first-order chi connectivity index (χ1) is 14.2. The molecule has 1 aliphatic heterocycles. The molecular formula is C22H22N4O3. The molecule has 7 nitrogen and oxygen atoms in total. The molecule has 0 N–H and O–H groups in total. The number of rotatable bonds is 5. The highest BCUT2D eigenvalue weighted by molar-refractivity contribution is 5.79. The third-order valence-corrected chi connectivity index (χ3v) is 5.19. The summed E-state index contributed by atoms with van der Waals surface area (Å²) < 4.78 is 6.46. The number of aryl methyl sites for hydroxylation is 1. The molecule has 4 rings (SSSR count). The van der Waals surface area contributed by atoms with Crippen molar-refractivity contribution in [2.75, 3.05) is 20.2 Å². The summed E-state index contributed by atoms with van der Waals surface area (Å²) in [5, 5.41) is 8.52. The molecule has 1 amide bonds. The van der Waals surface area contributed by atoms with Crippen LogP contribution in [0, 0.1) is 0 Å². The molecule has 0 fully saturated rings. The number of ether oxygens (including phenoxy) is 1. The topological polar surface area (TPSA) is 77.3 Å². The molecule has 2 aromatic carbocycles. The maximum Gasteiger partial charge on any atom is 0.277 e. The van der Waals surface area contributed by atoms with E-state index in [1.807, 2.05) is 35.2 Å². The molecule has 0 radical (unpaired) electrons. The normalized spacial score (nSPS) is 14.0. The maximum atomic E-state index is 12.6. The molecule has 0 bridgehead atoms. The number of benzene rings is 2. The van der Waals surface area contributed by atoms with Crippen LogP contribution in [0.25, 0.3) is 16.5 Å². The third kappa shape index (κ3) is 4.03. The molecule has 0 saturated carbocycles. The van der Waals surface area contributed by atoms with Crippen LogP contribution in [0.5, 0.6) is 5.75 Å². The largest absolute Gasteiger partial charge is 0.497 e. The highest BCUT2D eigenvalue weighted by atomic mass is 16.5. The minimum Gasteiger partial charge on any atom is -0.497 e. The minimum atomic E-state index is -0.219. The Balaban J connectivity index is 1.38. The summed E-state index contributed by atoms with van der Waals surface area (Å²) in [7, 11) is 1.65. The Hall–Kier alpha value is -3.48. The Kier molecular flexibility index (Phi) is 5.37. The van der Waals surface area contributed by atoms with Gasteiger partial charge in [0.25, 0.3) is 5.56 Å². The van der Waals surface area contributed by atoms with Crippen LogP contribution >= 0.6 is 0 Å². The zero-order chi connectivity index (χ0) is 20.2. The number of hydrogen-bond acceptors (Lipinski definition) is 5. The van der Waals surface area contributed by atoms with Crippen LogP contribution in [0.4, 0.5) is 0 Å². The average Bonchev–Trinajstić information content (AvgIpc) is 2.79. The SMILES string of the molecule is COc1ccc(C2=CCN(C(=O)CCn3nnc4ccccc4c3=O)CC2)cc1. The molecule has 7 heteroatoms. The second-order valence-corrected chi connectivity index (χ2v) is 6.93. The third-order valence-electron chi connectivity index (χ3n) is 5.19. The number of fused-ring (bicyclic) bond motifs is 1. The molecule has 148 valence electrons. The van der Waals surface area contributed by atoms with E-state index in [1.54, 1.807) is 25.3 Å². The van der Waals surface area contributed by atoms with Gasteiger partial charge in [0.05, 0.1) is 19.0 Å². The summed E-state index contributed by atoms with van der Waals surface area (Å²) in [6, 6.07) is 15.0. The van der Waals surface area contributed by atoms with Crippen LogP contribution < -0.4 is 10.3 Å². The van der Waals surface area contributed by atoms with Gasteiger partial charge in [-0.2, -0.15) is 0 Å². The van der Waals surface area contributed by atoms with Crippen LogP contribution in [-0.4, -0.2) is 46.0 Å². The summed E-state index contributed by atoms with van der Waals surface area (Å²) in [6.45, 7) is 1.45. The van der Waals surface area contributed by atoms with Crippen LogP contribution in [0.3, 0.4) is 0 Å². The smallest absolute Gasteiger partial charge is 0.277 e. The summed E-state index contributed by atoms with van der Waals surface area (Å²) in [4.78, 5) is 26.9. The van der Waals surface area contributed by atoms with Crippen LogP contribution in [0.15, 0.2) is 59.4 Å². The number of aromatic nitrogens is 3. The highest BCUT2D eigenvalue weighted by Crippen LogP contribution is 2.24. The lowest BCUT2D eigenvalue weighted by atomic mass is 9.99. The lowest BCUT2D eigenvalue weighted by Crippen LogP contribution is -2.36. The molecule has 29 heavy (non-hydrogen) atoms. The standard InChI is InChI=1S/C22H22N4O3/c1-29-18-8-6-16(7-9-18)17-10-13-25(14-11-17)21(27)12-15-26-22(28)19-4-2-3-5-20(19)23-24-26/h2-10H,11-15H2,1H3. The van der Waals surface area contributed by atoms with Crippen molar-refractivity contribution < 1.29 is 9.53 Å². The zero-order valence-corrected chi connectivity index (χ0v) is 16.2. The molecule has 2 heterocycles. The molecule has 1 aliphatic rings. The number of carbonyl (C=O) groups is 1. The van der Waals surface area contributed by atoms with Crippen LogP contribution in [0.1, 0.15) is 18.4 Å². The van der Waals surface area contributed by atoms with Crippen molar-refractivity contribution in [2.24, 2.45) is 0 Å². The van der Waals surface area contributed by atoms with Gasteiger partial charge in [0, 0.05) is 19.5 Å². The molecule has 0 aliphatic carbocycles. The van der Waals surface area contributed by atoms with Crippen molar-refractivity contribution >= 4 is 22.4 Å². The fraction of sp³-hybridized carbons (Fsp3) is 0.273. The molecule has 3 aromatic rings. The highest BCUT2D eigenvalue weighted by Gasteiger charge is 2.18. The van der Waals surface area contributed by atoms with Gasteiger partial charge in [-0.1, -0.05) is 35.6 Å². The number of hydrogen-bond donors (Lipinski definition) is 0. The summed E-state index contributed by atoms with van der Waals surface area (Å²) in [5.41, 5.74) is 2.72. The van der Waals surface area contributed by atoms with Gasteiger partial charge in [-0.05, 0) is 41.8 Å². The van der Waals surface area contributed by atoms with E-state index >= 15 is 0 Å². The molecular weight excluding hydrogens is 368 g/mol. The van der Waals surface area contributed by atoms with E-state index in [9.17, 15) is 9.59 Å². The quantitative estimate of drug-likeness (QED) is 0.669.